The molecule has 0 saturated carbocycles. The Hall–Kier alpha value is -2.12. The van der Waals surface area contributed by atoms with Crippen LogP contribution in [0.5, 0.6) is 0 Å². The predicted molar refractivity (Wildman–Crippen MR) is 103 cm³/mol. The molecule has 5 nitrogen and oxygen atoms in total. The van der Waals surface area contributed by atoms with Gasteiger partial charge in [-0.3, -0.25) is 9.69 Å². The third-order valence-corrected chi connectivity index (χ3v) is 5.60. The van der Waals surface area contributed by atoms with Crippen LogP contribution in [0.25, 0.3) is 0 Å². The zero-order valence-corrected chi connectivity index (χ0v) is 16.0. The van der Waals surface area contributed by atoms with E-state index in [1.165, 1.54) is 11.3 Å². The van der Waals surface area contributed by atoms with Gasteiger partial charge in [0, 0.05) is 16.7 Å². The number of benzene rings is 1. The summed E-state index contributed by atoms with van der Waals surface area (Å²) in [6, 6.07) is 9.63. The highest BCUT2D eigenvalue weighted by molar-refractivity contribution is 7.99. The molecule has 0 aliphatic carbocycles. The summed E-state index contributed by atoms with van der Waals surface area (Å²) in [4.78, 5) is 19.1. The van der Waals surface area contributed by atoms with Crippen LogP contribution < -0.4 is 4.90 Å². The van der Waals surface area contributed by atoms with Crippen LogP contribution in [-0.2, 0) is 10.5 Å². The van der Waals surface area contributed by atoms with E-state index in [-0.39, 0.29) is 5.91 Å². The number of aromatic nitrogens is 2. The largest absolute Gasteiger partial charge is 0.361 e. The van der Waals surface area contributed by atoms with E-state index in [0.29, 0.717) is 16.6 Å². The average Bonchev–Trinajstić information content (AvgIpc) is 3.16. The van der Waals surface area contributed by atoms with Crippen molar-refractivity contribution in [2.75, 3.05) is 10.7 Å². The van der Waals surface area contributed by atoms with Crippen molar-refractivity contribution >= 4 is 39.8 Å². The summed E-state index contributed by atoms with van der Waals surface area (Å²) in [5, 5.41) is 6.61. The zero-order chi connectivity index (χ0) is 17.8. The first-order valence-electron chi connectivity index (χ1n) is 7.86. The summed E-state index contributed by atoms with van der Waals surface area (Å²) in [5.74, 6) is 1.88. The lowest BCUT2D eigenvalue weighted by atomic mass is 10.2. The van der Waals surface area contributed by atoms with Gasteiger partial charge in [0.15, 0.2) is 5.13 Å². The second-order valence-corrected chi connectivity index (χ2v) is 7.45. The lowest BCUT2D eigenvalue weighted by Crippen LogP contribution is -2.27. The molecule has 0 aliphatic rings. The molecule has 3 rings (SSSR count). The number of amides is 1. The Labute approximate surface area is 155 Å². The van der Waals surface area contributed by atoms with Gasteiger partial charge in [-0.1, -0.05) is 23.4 Å². The van der Waals surface area contributed by atoms with Crippen LogP contribution in [0.4, 0.5) is 10.8 Å². The monoisotopic (exact) mass is 373 g/mol. The molecule has 1 amide bonds. The molecule has 0 saturated heterocycles. The highest BCUT2D eigenvalue weighted by atomic mass is 32.2. The van der Waals surface area contributed by atoms with Gasteiger partial charge in [0.1, 0.15) is 5.76 Å². The maximum atomic E-state index is 12.9. The van der Waals surface area contributed by atoms with Crippen LogP contribution in [0, 0.1) is 20.8 Å². The molecule has 0 bridgehead atoms. The third kappa shape index (κ3) is 4.11. The van der Waals surface area contributed by atoms with Crippen molar-refractivity contribution in [2.45, 2.75) is 26.5 Å². The lowest BCUT2D eigenvalue weighted by molar-refractivity contribution is -0.115. The average molecular weight is 374 g/mol. The van der Waals surface area contributed by atoms with Gasteiger partial charge in [0.2, 0.25) is 5.91 Å². The molecule has 1 aromatic carbocycles. The van der Waals surface area contributed by atoms with Crippen LogP contribution in [0.15, 0.2) is 40.2 Å². The number of nitrogens with zero attached hydrogens (tertiary/aromatic N) is 3. The number of thiazole rings is 1. The molecule has 0 atom stereocenters. The van der Waals surface area contributed by atoms with Crippen LogP contribution >= 0.6 is 23.1 Å². The zero-order valence-electron chi connectivity index (χ0n) is 14.4. The molecule has 0 aliphatic heterocycles. The number of hydrogen-bond acceptors (Lipinski definition) is 6. The van der Waals surface area contributed by atoms with Gasteiger partial charge in [-0.15, -0.1) is 23.1 Å². The predicted octanol–water partition coefficient (Wildman–Crippen LogP) is 4.65. The second kappa shape index (κ2) is 7.84. The van der Waals surface area contributed by atoms with Crippen molar-refractivity contribution in [3.05, 3.63) is 58.4 Å². The molecular formula is C18H19N3O2S2. The number of aryl methyl sites for hydroxylation is 3. The van der Waals surface area contributed by atoms with E-state index in [0.717, 1.165) is 28.4 Å². The molecule has 130 valence electrons. The maximum absolute atomic E-state index is 12.9. The molecule has 0 unspecified atom stereocenters. The number of carbonyl (C=O) groups is 1. The van der Waals surface area contributed by atoms with Gasteiger partial charge >= 0.3 is 0 Å². The first-order valence-corrected chi connectivity index (χ1v) is 9.89. The smallest absolute Gasteiger partial charge is 0.243 e. The summed E-state index contributed by atoms with van der Waals surface area (Å²) >= 11 is 3.03. The van der Waals surface area contributed by atoms with Gasteiger partial charge in [0.25, 0.3) is 0 Å². The fourth-order valence-corrected chi connectivity index (χ4v) is 4.26. The SMILES string of the molecule is Cc1csc(N(C(=O)CSCc2c(C)noc2C)c2ccccc2)n1. The highest BCUT2D eigenvalue weighted by Crippen LogP contribution is 2.30. The fraction of sp³-hybridized carbons (Fsp3) is 0.278. The molecule has 3 aromatic rings. The Bertz CT molecular complexity index is 839. The minimum Gasteiger partial charge on any atom is -0.361 e. The Kier molecular flexibility index (Phi) is 5.55. The Morgan fingerprint density at radius 1 is 1.24 bits per heavy atom. The molecule has 0 radical (unpaired) electrons. The van der Waals surface area contributed by atoms with Crippen molar-refractivity contribution < 1.29 is 9.32 Å². The number of carbonyl (C=O) groups excluding carboxylic acids is 1. The van der Waals surface area contributed by atoms with Gasteiger partial charge in [0.05, 0.1) is 22.8 Å². The highest BCUT2D eigenvalue weighted by Gasteiger charge is 2.21. The van der Waals surface area contributed by atoms with Gasteiger partial charge < -0.3 is 4.52 Å². The Balaban J connectivity index is 1.74. The summed E-state index contributed by atoms with van der Waals surface area (Å²) in [7, 11) is 0. The standard InChI is InChI=1S/C18H19N3O2S2/c1-12-9-25-18(19-12)21(15-7-5-4-6-8-15)17(22)11-24-10-16-13(2)20-23-14(16)3/h4-9H,10-11H2,1-3H3. The van der Waals surface area contributed by atoms with E-state index in [9.17, 15) is 4.79 Å². The fourth-order valence-electron chi connectivity index (χ4n) is 2.40. The molecular weight excluding hydrogens is 354 g/mol. The van der Waals surface area contributed by atoms with Crippen molar-refractivity contribution in [1.29, 1.82) is 0 Å². The van der Waals surface area contributed by atoms with Gasteiger partial charge in [-0.2, -0.15) is 0 Å². The van der Waals surface area contributed by atoms with Crippen molar-refractivity contribution in [1.82, 2.24) is 10.1 Å². The molecule has 25 heavy (non-hydrogen) atoms. The summed E-state index contributed by atoms with van der Waals surface area (Å²) < 4.78 is 5.17. The number of rotatable bonds is 6. The van der Waals surface area contributed by atoms with Crippen molar-refractivity contribution in [2.24, 2.45) is 0 Å². The molecule has 0 spiro atoms. The minimum absolute atomic E-state index is 0.0114. The van der Waals surface area contributed by atoms with E-state index >= 15 is 0 Å². The van der Waals surface area contributed by atoms with E-state index < -0.39 is 0 Å². The van der Waals surface area contributed by atoms with Crippen molar-refractivity contribution in [3.8, 4) is 0 Å². The first kappa shape index (κ1) is 17.7. The third-order valence-electron chi connectivity index (χ3n) is 3.72. The molecule has 2 aromatic heterocycles. The summed E-state index contributed by atoms with van der Waals surface area (Å²) in [5.41, 5.74) is 3.69. The van der Waals surface area contributed by atoms with Crippen molar-refractivity contribution in [3.63, 3.8) is 0 Å². The number of para-hydroxylation sites is 1. The minimum atomic E-state index is 0.0114. The van der Waals surface area contributed by atoms with E-state index in [4.69, 9.17) is 4.52 Å². The molecule has 0 N–H and O–H groups in total. The topological polar surface area (TPSA) is 59.2 Å². The van der Waals surface area contributed by atoms with E-state index in [1.807, 2.05) is 56.5 Å². The summed E-state index contributed by atoms with van der Waals surface area (Å²) in [6.45, 7) is 5.75. The summed E-state index contributed by atoms with van der Waals surface area (Å²) in [6.07, 6.45) is 0. The lowest BCUT2D eigenvalue weighted by Gasteiger charge is -2.19. The molecule has 0 fully saturated rings. The second-order valence-electron chi connectivity index (χ2n) is 5.63. The Morgan fingerprint density at radius 2 is 2.00 bits per heavy atom. The molecule has 2 heterocycles. The quantitative estimate of drug-likeness (QED) is 0.629. The van der Waals surface area contributed by atoms with Crippen LogP contribution in [-0.4, -0.2) is 21.8 Å². The van der Waals surface area contributed by atoms with Crippen LogP contribution in [0.3, 0.4) is 0 Å². The number of hydrogen-bond donors (Lipinski definition) is 0. The van der Waals surface area contributed by atoms with Crippen LogP contribution in [0.2, 0.25) is 0 Å². The van der Waals surface area contributed by atoms with Gasteiger partial charge in [-0.25, -0.2) is 4.98 Å². The maximum Gasteiger partial charge on any atom is 0.243 e. The number of thioether (sulfide) groups is 1. The van der Waals surface area contributed by atoms with E-state index in [2.05, 4.69) is 10.1 Å². The first-order chi connectivity index (χ1) is 12.1. The van der Waals surface area contributed by atoms with E-state index in [1.54, 1.807) is 16.7 Å². The normalized spacial score (nSPS) is 10.8. The van der Waals surface area contributed by atoms with Crippen LogP contribution in [0.1, 0.15) is 22.7 Å². The number of anilines is 2. The van der Waals surface area contributed by atoms with Gasteiger partial charge in [-0.05, 0) is 32.9 Å². The molecule has 7 heteroatoms. The Morgan fingerprint density at radius 3 is 2.60 bits per heavy atom.